The van der Waals surface area contributed by atoms with Crippen LogP contribution in [0.3, 0.4) is 0 Å². The van der Waals surface area contributed by atoms with Crippen LogP contribution in [-0.4, -0.2) is 5.11 Å². The number of aliphatic hydroxyl groups is 1. The largest absolute Gasteiger partial charge is 0.485 e. The Balaban J connectivity index is 1.97. The number of rotatable bonds is 1. The van der Waals surface area contributed by atoms with Crippen molar-refractivity contribution in [1.82, 2.24) is 0 Å². The Kier molecular flexibility index (Phi) is 3.52. The molecule has 1 heterocycles. The van der Waals surface area contributed by atoms with Crippen LogP contribution < -0.4 is 4.74 Å². The van der Waals surface area contributed by atoms with Gasteiger partial charge in [-0.3, -0.25) is 0 Å². The van der Waals surface area contributed by atoms with E-state index in [1.165, 1.54) is 12.1 Å². The summed E-state index contributed by atoms with van der Waals surface area (Å²) < 4.78 is 20.1. The summed E-state index contributed by atoms with van der Waals surface area (Å²) in [7, 11) is 0. The molecule has 0 aliphatic carbocycles. The van der Waals surface area contributed by atoms with Crippen molar-refractivity contribution in [2.45, 2.75) is 25.6 Å². The Morgan fingerprint density at radius 3 is 2.75 bits per heavy atom. The van der Waals surface area contributed by atoms with Crippen LogP contribution in [0.25, 0.3) is 0 Å². The normalized spacial score (nSPS) is 21.2. The minimum absolute atomic E-state index is 0.251. The van der Waals surface area contributed by atoms with E-state index >= 15 is 0 Å². The highest BCUT2D eigenvalue weighted by Gasteiger charge is 2.29. The van der Waals surface area contributed by atoms with Crippen LogP contribution in [0.2, 0.25) is 0 Å². The zero-order valence-corrected chi connectivity index (χ0v) is 12.5. The summed E-state index contributed by atoms with van der Waals surface area (Å²) in [6.45, 7) is 1.85. The molecular formula is C16H14BrFO2. The van der Waals surface area contributed by atoms with Crippen molar-refractivity contribution in [1.29, 1.82) is 0 Å². The third-order valence-corrected chi connectivity index (χ3v) is 4.11. The summed E-state index contributed by atoms with van der Waals surface area (Å²) >= 11 is 3.39. The summed E-state index contributed by atoms with van der Waals surface area (Å²) in [6.07, 6.45) is -0.361. The van der Waals surface area contributed by atoms with Crippen molar-refractivity contribution < 1.29 is 14.2 Å². The van der Waals surface area contributed by atoms with E-state index in [2.05, 4.69) is 15.9 Å². The van der Waals surface area contributed by atoms with Crippen molar-refractivity contribution >= 4 is 15.9 Å². The maximum absolute atomic E-state index is 13.2. The van der Waals surface area contributed by atoms with Crippen molar-refractivity contribution in [2.24, 2.45) is 0 Å². The average molecular weight is 337 g/mol. The molecule has 0 aromatic heterocycles. The fourth-order valence-corrected chi connectivity index (χ4v) is 2.99. The summed E-state index contributed by atoms with van der Waals surface area (Å²) in [5, 5.41) is 10.3. The van der Waals surface area contributed by atoms with E-state index in [-0.39, 0.29) is 11.9 Å². The van der Waals surface area contributed by atoms with Crippen molar-refractivity contribution in [3.05, 3.63) is 63.4 Å². The maximum Gasteiger partial charge on any atom is 0.127 e. The van der Waals surface area contributed by atoms with Crippen molar-refractivity contribution in [3.8, 4) is 5.75 Å². The molecule has 0 saturated heterocycles. The lowest BCUT2D eigenvalue weighted by atomic mass is 9.93. The molecule has 0 fully saturated rings. The molecule has 1 aliphatic heterocycles. The van der Waals surface area contributed by atoms with Gasteiger partial charge in [0.1, 0.15) is 17.7 Å². The van der Waals surface area contributed by atoms with Gasteiger partial charge in [0.2, 0.25) is 0 Å². The van der Waals surface area contributed by atoms with Gasteiger partial charge in [-0.2, -0.15) is 0 Å². The highest BCUT2D eigenvalue weighted by atomic mass is 79.9. The van der Waals surface area contributed by atoms with E-state index in [9.17, 15) is 9.50 Å². The molecule has 2 unspecified atom stereocenters. The van der Waals surface area contributed by atoms with Gasteiger partial charge in [-0.05, 0) is 48.4 Å². The van der Waals surface area contributed by atoms with E-state index in [0.29, 0.717) is 12.2 Å². The Hall–Kier alpha value is -1.39. The molecule has 0 radical (unpaired) electrons. The van der Waals surface area contributed by atoms with Crippen molar-refractivity contribution in [2.75, 3.05) is 0 Å². The fraction of sp³-hybridized carbons (Fsp3) is 0.250. The third-order valence-electron chi connectivity index (χ3n) is 3.62. The highest BCUT2D eigenvalue weighted by Crippen LogP contribution is 2.42. The standard InChI is InChI=1S/C16H14BrFO2/c1-9-6-11(18)3-4-12(9)16-8-14(19)13-7-10(17)2-5-15(13)20-16/h2-7,14,16,19H,8H2,1H3. The molecule has 1 aliphatic rings. The number of benzene rings is 2. The van der Waals surface area contributed by atoms with Gasteiger partial charge in [0.25, 0.3) is 0 Å². The van der Waals surface area contributed by atoms with Crippen molar-refractivity contribution in [3.63, 3.8) is 0 Å². The number of ether oxygens (including phenoxy) is 1. The Morgan fingerprint density at radius 1 is 1.20 bits per heavy atom. The molecular weight excluding hydrogens is 323 g/mol. The van der Waals surface area contributed by atoms with Crippen LogP contribution >= 0.6 is 15.9 Å². The van der Waals surface area contributed by atoms with Crippen LogP contribution in [0.5, 0.6) is 5.75 Å². The SMILES string of the molecule is Cc1cc(F)ccc1C1CC(O)c2cc(Br)ccc2O1. The molecule has 2 atom stereocenters. The topological polar surface area (TPSA) is 29.5 Å². The number of fused-ring (bicyclic) bond motifs is 1. The third kappa shape index (κ3) is 2.45. The number of halogens is 2. The molecule has 4 heteroatoms. The first-order valence-corrected chi connectivity index (χ1v) is 7.24. The van der Waals surface area contributed by atoms with E-state index in [1.807, 2.05) is 25.1 Å². The molecule has 104 valence electrons. The number of hydrogen-bond donors (Lipinski definition) is 1. The fourth-order valence-electron chi connectivity index (χ4n) is 2.61. The first kappa shape index (κ1) is 13.6. The van der Waals surface area contributed by atoms with E-state index in [4.69, 9.17) is 4.74 Å². The second-order valence-corrected chi connectivity index (χ2v) is 5.96. The zero-order chi connectivity index (χ0) is 14.3. The minimum atomic E-state index is -0.578. The lowest BCUT2D eigenvalue weighted by Gasteiger charge is -2.30. The molecule has 20 heavy (non-hydrogen) atoms. The predicted molar refractivity (Wildman–Crippen MR) is 78.2 cm³/mol. The Bertz CT molecular complexity index is 657. The van der Waals surface area contributed by atoms with Crippen LogP contribution in [0.4, 0.5) is 4.39 Å². The van der Waals surface area contributed by atoms with Gasteiger partial charge in [-0.1, -0.05) is 22.0 Å². The molecule has 0 spiro atoms. The van der Waals surface area contributed by atoms with E-state index in [1.54, 1.807) is 6.07 Å². The van der Waals surface area contributed by atoms with Gasteiger partial charge in [0.15, 0.2) is 0 Å². The molecule has 2 aromatic carbocycles. The minimum Gasteiger partial charge on any atom is -0.485 e. The second kappa shape index (κ2) is 5.19. The first-order valence-electron chi connectivity index (χ1n) is 6.45. The van der Waals surface area contributed by atoms with Gasteiger partial charge < -0.3 is 9.84 Å². The van der Waals surface area contributed by atoms with E-state index < -0.39 is 6.10 Å². The first-order chi connectivity index (χ1) is 9.54. The lowest BCUT2D eigenvalue weighted by molar-refractivity contribution is 0.0653. The van der Waals surface area contributed by atoms with Crippen LogP contribution in [-0.2, 0) is 0 Å². The molecule has 2 nitrogen and oxygen atoms in total. The number of aliphatic hydroxyl groups excluding tert-OH is 1. The summed E-state index contributed by atoms with van der Waals surface area (Å²) in [5.74, 6) is 0.424. The summed E-state index contributed by atoms with van der Waals surface area (Å²) in [5.41, 5.74) is 2.54. The lowest BCUT2D eigenvalue weighted by Crippen LogP contribution is -2.19. The monoisotopic (exact) mass is 336 g/mol. The smallest absolute Gasteiger partial charge is 0.127 e. The maximum atomic E-state index is 13.2. The summed E-state index contributed by atoms with van der Waals surface area (Å²) in [6, 6.07) is 10.2. The molecule has 0 bridgehead atoms. The van der Waals surface area contributed by atoms with Gasteiger partial charge in [0.05, 0.1) is 6.10 Å². The summed E-state index contributed by atoms with van der Waals surface area (Å²) in [4.78, 5) is 0. The van der Waals surface area contributed by atoms with Gasteiger partial charge in [-0.15, -0.1) is 0 Å². The Morgan fingerprint density at radius 2 is 2.00 bits per heavy atom. The Labute approximate surface area is 125 Å². The van der Waals surface area contributed by atoms with Crippen LogP contribution in [0.15, 0.2) is 40.9 Å². The molecule has 0 amide bonds. The number of hydrogen-bond acceptors (Lipinski definition) is 2. The second-order valence-electron chi connectivity index (χ2n) is 5.04. The highest BCUT2D eigenvalue weighted by molar-refractivity contribution is 9.10. The van der Waals surface area contributed by atoms with Gasteiger partial charge in [-0.25, -0.2) is 4.39 Å². The molecule has 1 N–H and O–H groups in total. The predicted octanol–water partition coefficient (Wildman–Crippen LogP) is 4.45. The number of aryl methyl sites for hydroxylation is 1. The molecule has 3 rings (SSSR count). The molecule has 0 saturated carbocycles. The molecule has 2 aromatic rings. The van der Waals surface area contributed by atoms with Crippen LogP contribution in [0, 0.1) is 12.7 Å². The van der Waals surface area contributed by atoms with Crippen LogP contribution in [0.1, 0.15) is 35.3 Å². The average Bonchev–Trinajstić information content (AvgIpc) is 2.39. The zero-order valence-electron chi connectivity index (χ0n) is 10.9. The van der Waals surface area contributed by atoms with Gasteiger partial charge in [0, 0.05) is 16.5 Å². The quantitative estimate of drug-likeness (QED) is 0.833. The van der Waals surface area contributed by atoms with Gasteiger partial charge >= 0.3 is 0 Å². The van der Waals surface area contributed by atoms with E-state index in [0.717, 1.165) is 21.2 Å².